The van der Waals surface area contributed by atoms with E-state index in [1.54, 1.807) is 17.5 Å². The molecule has 3 aromatic rings. The molecule has 3 heterocycles. The van der Waals surface area contributed by atoms with Gasteiger partial charge < -0.3 is 9.88 Å². The molecule has 1 aliphatic rings. The van der Waals surface area contributed by atoms with Crippen molar-refractivity contribution in [3.63, 3.8) is 0 Å². The summed E-state index contributed by atoms with van der Waals surface area (Å²) in [6, 6.07) is 4.80. The first-order valence-corrected chi connectivity index (χ1v) is 9.21. The fourth-order valence-corrected chi connectivity index (χ4v) is 3.87. The number of carbonyl (C=O) groups is 1. The minimum atomic E-state index is -0.240. The predicted octanol–water partition coefficient (Wildman–Crippen LogP) is 4.01. The van der Waals surface area contributed by atoms with Crippen LogP contribution in [-0.2, 0) is 11.2 Å². The van der Waals surface area contributed by atoms with Crippen molar-refractivity contribution >= 4 is 33.7 Å². The van der Waals surface area contributed by atoms with Crippen LogP contribution in [0.4, 0.5) is 4.39 Å². The van der Waals surface area contributed by atoms with Crippen LogP contribution in [0.25, 0.3) is 16.5 Å². The largest absolute Gasteiger partial charge is 0.360 e. The van der Waals surface area contributed by atoms with Crippen molar-refractivity contribution < 1.29 is 9.18 Å². The van der Waals surface area contributed by atoms with Crippen LogP contribution in [-0.4, -0.2) is 33.9 Å². The Kier molecular flexibility index (Phi) is 4.36. The van der Waals surface area contributed by atoms with Gasteiger partial charge in [-0.1, -0.05) is 6.08 Å². The molecule has 25 heavy (non-hydrogen) atoms. The number of hydrogen-bond acceptors (Lipinski definition) is 3. The van der Waals surface area contributed by atoms with Gasteiger partial charge in [-0.25, -0.2) is 9.37 Å². The molecule has 0 spiro atoms. The average Bonchev–Trinajstić information content (AvgIpc) is 3.29. The van der Waals surface area contributed by atoms with Crippen LogP contribution >= 0.6 is 11.3 Å². The van der Waals surface area contributed by atoms with E-state index in [1.165, 1.54) is 17.7 Å². The number of carbonyl (C=O) groups excluding carboxylic acids is 1. The summed E-state index contributed by atoms with van der Waals surface area (Å²) in [4.78, 5) is 21.6. The van der Waals surface area contributed by atoms with Crippen molar-refractivity contribution in [1.82, 2.24) is 14.9 Å². The Hall–Kier alpha value is -2.47. The molecule has 0 aliphatic carbocycles. The molecule has 1 aliphatic heterocycles. The lowest BCUT2D eigenvalue weighted by Crippen LogP contribution is -2.34. The second-order valence-corrected chi connectivity index (χ2v) is 7.12. The van der Waals surface area contributed by atoms with Crippen molar-refractivity contribution in [3.05, 3.63) is 58.4 Å². The number of rotatable bonds is 4. The van der Waals surface area contributed by atoms with Crippen molar-refractivity contribution in [2.75, 3.05) is 13.1 Å². The molecule has 4 rings (SSSR count). The van der Waals surface area contributed by atoms with E-state index in [-0.39, 0.29) is 11.7 Å². The number of aryl methyl sites for hydroxylation is 1. The van der Waals surface area contributed by atoms with Gasteiger partial charge in [0.25, 0.3) is 0 Å². The maximum Gasteiger partial charge on any atom is 0.223 e. The van der Waals surface area contributed by atoms with Crippen molar-refractivity contribution in [1.29, 1.82) is 0 Å². The molecule has 0 saturated heterocycles. The maximum absolute atomic E-state index is 13.3. The molecule has 0 unspecified atom stereocenters. The summed E-state index contributed by atoms with van der Waals surface area (Å²) in [6.07, 6.45) is 7.83. The molecule has 0 bridgehead atoms. The van der Waals surface area contributed by atoms with Crippen LogP contribution in [0.15, 0.2) is 42.0 Å². The van der Waals surface area contributed by atoms with E-state index < -0.39 is 0 Å². The van der Waals surface area contributed by atoms with Gasteiger partial charge >= 0.3 is 0 Å². The minimum absolute atomic E-state index is 0.173. The summed E-state index contributed by atoms with van der Waals surface area (Å²) in [6.45, 7) is 1.34. The van der Waals surface area contributed by atoms with E-state index in [9.17, 15) is 9.18 Å². The van der Waals surface area contributed by atoms with Gasteiger partial charge in [0.1, 0.15) is 5.82 Å². The number of aromatic amines is 1. The van der Waals surface area contributed by atoms with Crippen LogP contribution in [0.3, 0.4) is 0 Å². The van der Waals surface area contributed by atoms with Crippen LogP contribution in [0.1, 0.15) is 23.4 Å². The molecule has 0 radical (unpaired) electrons. The normalized spacial score (nSPS) is 14.8. The number of aromatic nitrogens is 2. The number of halogens is 1. The first-order valence-electron chi connectivity index (χ1n) is 8.33. The summed E-state index contributed by atoms with van der Waals surface area (Å²) in [5, 5.41) is 3.96. The highest BCUT2D eigenvalue weighted by atomic mass is 32.1. The molecule has 2 aromatic heterocycles. The summed E-state index contributed by atoms with van der Waals surface area (Å²) < 4.78 is 13.3. The van der Waals surface area contributed by atoms with Gasteiger partial charge in [-0.2, -0.15) is 0 Å². The van der Waals surface area contributed by atoms with Gasteiger partial charge in [-0.15, -0.1) is 11.3 Å². The number of H-pyrrole nitrogens is 1. The number of benzene rings is 1. The zero-order chi connectivity index (χ0) is 17.2. The molecule has 1 aromatic carbocycles. The minimum Gasteiger partial charge on any atom is -0.360 e. The zero-order valence-corrected chi connectivity index (χ0v) is 14.5. The van der Waals surface area contributed by atoms with Crippen LogP contribution in [0, 0.1) is 5.82 Å². The van der Waals surface area contributed by atoms with Gasteiger partial charge in [0.2, 0.25) is 5.91 Å². The predicted molar refractivity (Wildman–Crippen MR) is 97.9 cm³/mol. The van der Waals surface area contributed by atoms with Gasteiger partial charge in [0, 0.05) is 60.2 Å². The van der Waals surface area contributed by atoms with Crippen molar-refractivity contribution in [2.45, 2.75) is 19.3 Å². The number of hydrogen-bond donors (Lipinski definition) is 1. The monoisotopic (exact) mass is 355 g/mol. The highest BCUT2D eigenvalue weighted by Crippen LogP contribution is 2.29. The molecule has 1 amide bonds. The zero-order valence-electron chi connectivity index (χ0n) is 13.7. The molecule has 4 nitrogen and oxygen atoms in total. The second-order valence-electron chi connectivity index (χ2n) is 6.14. The first kappa shape index (κ1) is 16.0. The smallest absolute Gasteiger partial charge is 0.223 e. The Bertz CT molecular complexity index is 929. The molecule has 1 N–H and O–H groups in total. The summed E-state index contributed by atoms with van der Waals surface area (Å²) in [5.74, 6) is -0.0676. The Labute approximate surface area is 149 Å². The van der Waals surface area contributed by atoms with Gasteiger partial charge in [0.15, 0.2) is 0 Å². The van der Waals surface area contributed by atoms with E-state index in [2.05, 4.69) is 16.0 Å². The van der Waals surface area contributed by atoms with Gasteiger partial charge in [-0.3, -0.25) is 4.79 Å². The Morgan fingerprint density at radius 2 is 2.32 bits per heavy atom. The summed E-state index contributed by atoms with van der Waals surface area (Å²) in [7, 11) is 0. The standard InChI is InChI=1S/C19H18FN3OS/c20-14-1-2-15-16(12-22-17(15)11-14)13-5-8-23(9-6-13)19(24)4-3-18-21-7-10-25-18/h1-2,5,7,10-12,22H,3-4,6,8-9H2. The van der Waals surface area contributed by atoms with Gasteiger partial charge in [-0.05, 0) is 30.2 Å². The third kappa shape index (κ3) is 3.35. The molecule has 128 valence electrons. The number of thiazole rings is 1. The summed E-state index contributed by atoms with van der Waals surface area (Å²) >= 11 is 1.59. The Morgan fingerprint density at radius 3 is 3.08 bits per heavy atom. The molecule has 0 fully saturated rings. The fraction of sp³-hybridized carbons (Fsp3) is 0.263. The van der Waals surface area contributed by atoms with Crippen LogP contribution in [0.2, 0.25) is 0 Å². The first-order chi connectivity index (χ1) is 12.2. The van der Waals surface area contributed by atoms with E-state index >= 15 is 0 Å². The SMILES string of the molecule is O=C(CCc1nccs1)N1CC=C(c2c[nH]c3cc(F)ccc23)CC1. The number of amides is 1. The Morgan fingerprint density at radius 1 is 1.40 bits per heavy atom. The lowest BCUT2D eigenvalue weighted by Gasteiger charge is -2.26. The van der Waals surface area contributed by atoms with E-state index in [1.807, 2.05) is 22.5 Å². The molecular weight excluding hydrogens is 337 g/mol. The van der Waals surface area contributed by atoms with Crippen molar-refractivity contribution in [2.24, 2.45) is 0 Å². The highest BCUT2D eigenvalue weighted by molar-refractivity contribution is 7.09. The summed E-state index contributed by atoms with van der Waals surface area (Å²) in [5.41, 5.74) is 3.12. The maximum atomic E-state index is 13.3. The Balaban J connectivity index is 1.43. The third-order valence-corrected chi connectivity index (χ3v) is 5.43. The van der Waals surface area contributed by atoms with Crippen LogP contribution < -0.4 is 0 Å². The van der Waals surface area contributed by atoms with E-state index in [0.717, 1.165) is 34.4 Å². The van der Waals surface area contributed by atoms with E-state index in [0.29, 0.717) is 19.4 Å². The lowest BCUT2D eigenvalue weighted by molar-refractivity contribution is -0.130. The molecule has 0 saturated carbocycles. The average molecular weight is 355 g/mol. The third-order valence-electron chi connectivity index (χ3n) is 4.59. The second kappa shape index (κ2) is 6.80. The fourth-order valence-electron chi connectivity index (χ4n) is 3.25. The quantitative estimate of drug-likeness (QED) is 0.769. The number of nitrogens with one attached hydrogen (secondary N) is 1. The highest BCUT2D eigenvalue weighted by Gasteiger charge is 2.19. The molecule has 0 atom stereocenters. The topological polar surface area (TPSA) is 49.0 Å². The molecule has 6 heteroatoms. The van der Waals surface area contributed by atoms with Gasteiger partial charge in [0.05, 0.1) is 5.01 Å². The number of nitrogens with zero attached hydrogens (tertiary/aromatic N) is 2. The molecular formula is C19H18FN3OS. The van der Waals surface area contributed by atoms with Crippen LogP contribution in [0.5, 0.6) is 0 Å². The van der Waals surface area contributed by atoms with E-state index in [4.69, 9.17) is 0 Å². The van der Waals surface area contributed by atoms with Crippen molar-refractivity contribution in [3.8, 4) is 0 Å². The lowest BCUT2D eigenvalue weighted by atomic mass is 9.98. The number of fused-ring (bicyclic) bond motifs is 1.